The number of halogens is 1. The number of hydrogen-bond acceptors (Lipinski definition) is 2. The molecule has 0 aromatic rings. The van der Waals surface area contributed by atoms with Gasteiger partial charge in [-0.25, -0.2) is 0 Å². The molecule has 4 heteroatoms. The van der Waals surface area contributed by atoms with Crippen molar-refractivity contribution in [1.29, 1.82) is 0 Å². The van der Waals surface area contributed by atoms with Crippen molar-refractivity contribution in [2.45, 2.75) is 0 Å². The molecule has 46 valence electrons. The molecule has 1 N–H and O–H groups in total. The molecular formula is C4H7ClN2O. The highest BCUT2D eigenvalue weighted by molar-refractivity contribution is 6.21. The fraction of sp³-hybridized carbons (Fsp3) is 0.750. The van der Waals surface area contributed by atoms with Crippen LogP contribution < -0.4 is 5.32 Å². The van der Waals surface area contributed by atoms with Crippen molar-refractivity contribution < 1.29 is 4.79 Å². The highest BCUT2D eigenvalue weighted by Gasteiger charge is 2.13. The predicted molar refractivity (Wildman–Crippen MR) is 30.4 cm³/mol. The molecule has 3 nitrogen and oxygen atoms in total. The van der Waals surface area contributed by atoms with Crippen molar-refractivity contribution in [3.8, 4) is 0 Å². The maximum Gasteiger partial charge on any atom is 0.250 e. The van der Waals surface area contributed by atoms with E-state index in [0.29, 0.717) is 13.1 Å². The Bertz CT molecular complexity index is 106. The molecule has 1 rings (SSSR count). The van der Waals surface area contributed by atoms with Crippen molar-refractivity contribution in [3.63, 3.8) is 0 Å². The molecule has 0 radical (unpaired) electrons. The molecular weight excluding hydrogens is 128 g/mol. The van der Waals surface area contributed by atoms with Gasteiger partial charge in [-0.1, -0.05) is 0 Å². The summed E-state index contributed by atoms with van der Waals surface area (Å²) in [6, 6.07) is 0. The van der Waals surface area contributed by atoms with Crippen LogP contribution in [0.4, 0.5) is 0 Å². The summed E-state index contributed by atoms with van der Waals surface area (Å²) < 4.78 is 1.20. The van der Waals surface area contributed by atoms with E-state index in [9.17, 15) is 4.79 Å². The van der Waals surface area contributed by atoms with Crippen LogP contribution in [0, 0.1) is 0 Å². The smallest absolute Gasteiger partial charge is 0.250 e. The number of nitrogens with zero attached hydrogens (tertiary/aromatic N) is 1. The van der Waals surface area contributed by atoms with Gasteiger partial charge in [-0.15, -0.1) is 0 Å². The highest BCUT2D eigenvalue weighted by Crippen LogP contribution is 1.95. The van der Waals surface area contributed by atoms with E-state index >= 15 is 0 Å². The van der Waals surface area contributed by atoms with Gasteiger partial charge in [0.05, 0.1) is 13.1 Å². The zero-order valence-corrected chi connectivity index (χ0v) is 5.11. The normalized spacial score (nSPS) is 21.6. The van der Waals surface area contributed by atoms with E-state index in [2.05, 4.69) is 5.32 Å². The average molecular weight is 135 g/mol. The van der Waals surface area contributed by atoms with Gasteiger partial charge in [0.25, 0.3) is 5.91 Å². The molecule has 1 fully saturated rings. The van der Waals surface area contributed by atoms with Crippen molar-refractivity contribution >= 4 is 17.7 Å². The molecule has 1 saturated heterocycles. The minimum absolute atomic E-state index is 0.0436. The van der Waals surface area contributed by atoms with Crippen molar-refractivity contribution in [1.82, 2.24) is 9.74 Å². The van der Waals surface area contributed by atoms with E-state index in [0.717, 1.165) is 6.54 Å². The van der Waals surface area contributed by atoms with E-state index < -0.39 is 0 Å². The number of carbonyl (C=O) groups is 1. The van der Waals surface area contributed by atoms with E-state index in [4.69, 9.17) is 11.8 Å². The summed E-state index contributed by atoms with van der Waals surface area (Å²) in [5, 5.41) is 2.89. The van der Waals surface area contributed by atoms with Gasteiger partial charge >= 0.3 is 0 Å². The van der Waals surface area contributed by atoms with Gasteiger partial charge in [0.1, 0.15) is 0 Å². The molecule has 1 aliphatic rings. The minimum atomic E-state index is -0.0436. The summed E-state index contributed by atoms with van der Waals surface area (Å²) in [6.07, 6.45) is 0. The summed E-state index contributed by atoms with van der Waals surface area (Å²) in [7, 11) is 0. The number of carbonyl (C=O) groups excluding carboxylic acids is 1. The monoisotopic (exact) mass is 134 g/mol. The highest BCUT2D eigenvalue weighted by atomic mass is 35.5. The lowest BCUT2D eigenvalue weighted by molar-refractivity contribution is -0.126. The Morgan fingerprint density at radius 1 is 1.75 bits per heavy atom. The Hall–Kier alpha value is -0.280. The van der Waals surface area contributed by atoms with Gasteiger partial charge in [-0.3, -0.25) is 9.21 Å². The maximum absolute atomic E-state index is 10.5. The maximum atomic E-state index is 10.5. The van der Waals surface area contributed by atoms with E-state index in [1.807, 2.05) is 0 Å². The molecule has 1 heterocycles. The number of nitrogens with one attached hydrogen (secondary N) is 1. The molecule has 0 saturated carbocycles. The van der Waals surface area contributed by atoms with Gasteiger partial charge < -0.3 is 5.32 Å². The molecule has 1 amide bonds. The summed E-state index contributed by atoms with van der Waals surface area (Å²) >= 11 is 5.41. The van der Waals surface area contributed by atoms with Crippen molar-refractivity contribution in [2.75, 3.05) is 19.6 Å². The standard InChI is InChI=1S/C4H7ClN2O/c5-7-2-1-6-3-4(7)8/h6H,1-3H2. The van der Waals surface area contributed by atoms with Crippen LogP contribution in [0.15, 0.2) is 0 Å². The van der Waals surface area contributed by atoms with Crippen LogP contribution in [0.1, 0.15) is 0 Å². The second-order valence-electron chi connectivity index (χ2n) is 1.66. The van der Waals surface area contributed by atoms with E-state index in [-0.39, 0.29) is 5.91 Å². The van der Waals surface area contributed by atoms with Crippen LogP contribution >= 0.6 is 11.8 Å². The topological polar surface area (TPSA) is 32.3 Å². The molecule has 0 bridgehead atoms. The average Bonchev–Trinajstić information content (AvgIpc) is 1.77. The van der Waals surface area contributed by atoms with Crippen molar-refractivity contribution in [3.05, 3.63) is 0 Å². The molecule has 8 heavy (non-hydrogen) atoms. The number of piperazine rings is 1. The Morgan fingerprint density at radius 3 is 2.88 bits per heavy atom. The third-order valence-corrected chi connectivity index (χ3v) is 1.39. The second-order valence-corrected chi connectivity index (χ2v) is 2.06. The Labute approximate surface area is 52.7 Å². The van der Waals surface area contributed by atoms with Crippen LogP contribution in [0.25, 0.3) is 0 Å². The zero-order chi connectivity index (χ0) is 5.98. The number of hydrogen-bond donors (Lipinski definition) is 1. The number of amides is 1. The molecule has 1 aliphatic heterocycles. The molecule has 0 unspecified atom stereocenters. The fourth-order valence-electron chi connectivity index (χ4n) is 0.583. The van der Waals surface area contributed by atoms with Crippen LogP contribution in [0.5, 0.6) is 0 Å². The van der Waals surface area contributed by atoms with Crippen LogP contribution in [-0.4, -0.2) is 30.0 Å². The molecule has 0 aromatic heterocycles. The van der Waals surface area contributed by atoms with Gasteiger partial charge in [0.2, 0.25) is 0 Å². The largest absolute Gasteiger partial charge is 0.307 e. The lowest BCUT2D eigenvalue weighted by Crippen LogP contribution is -2.43. The van der Waals surface area contributed by atoms with Crippen LogP contribution in [-0.2, 0) is 4.79 Å². The molecule has 0 aliphatic carbocycles. The lowest BCUT2D eigenvalue weighted by Gasteiger charge is -2.19. The molecule has 0 spiro atoms. The third kappa shape index (κ3) is 1.11. The van der Waals surface area contributed by atoms with Crippen molar-refractivity contribution in [2.24, 2.45) is 0 Å². The van der Waals surface area contributed by atoms with Gasteiger partial charge in [0.15, 0.2) is 0 Å². The molecule has 0 aromatic carbocycles. The summed E-state index contributed by atoms with van der Waals surface area (Å²) in [5.41, 5.74) is 0. The summed E-state index contributed by atoms with van der Waals surface area (Å²) in [5.74, 6) is -0.0436. The predicted octanol–water partition coefficient (Wildman–Crippen LogP) is -0.428. The minimum Gasteiger partial charge on any atom is -0.307 e. The SMILES string of the molecule is O=C1CNCCN1Cl. The lowest BCUT2D eigenvalue weighted by atomic mass is 10.4. The summed E-state index contributed by atoms with van der Waals surface area (Å²) in [4.78, 5) is 10.5. The molecule has 0 atom stereocenters. The van der Waals surface area contributed by atoms with Crippen LogP contribution in [0.2, 0.25) is 0 Å². The van der Waals surface area contributed by atoms with E-state index in [1.165, 1.54) is 4.42 Å². The first kappa shape index (κ1) is 5.85. The zero-order valence-electron chi connectivity index (χ0n) is 4.35. The van der Waals surface area contributed by atoms with E-state index in [1.54, 1.807) is 0 Å². The van der Waals surface area contributed by atoms with Gasteiger partial charge in [-0.05, 0) is 0 Å². The Kier molecular flexibility index (Phi) is 1.70. The quantitative estimate of drug-likeness (QED) is 0.456. The first-order chi connectivity index (χ1) is 3.80. The van der Waals surface area contributed by atoms with Gasteiger partial charge in [0, 0.05) is 18.3 Å². The first-order valence-corrected chi connectivity index (χ1v) is 2.81. The second kappa shape index (κ2) is 2.33. The summed E-state index contributed by atoms with van der Waals surface area (Å²) in [6.45, 7) is 1.79. The fourth-order valence-corrected chi connectivity index (χ4v) is 0.727. The van der Waals surface area contributed by atoms with Gasteiger partial charge in [-0.2, -0.15) is 0 Å². The third-order valence-electron chi connectivity index (χ3n) is 1.03. The Morgan fingerprint density at radius 2 is 2.50 bits per heavy atom. The number of rotatable bonds is 0. The van der Waals surface area contributed by atoms with Crippen LogP contribution in [0.3, 0.4) is 0 Å². The Balaban J connectivity index is 2.39. The first-order valence-electron chi connectivity index (χ1n) is 2.47.